The molecule has 33 heavy (non-hydrogen) atoms. The van der Waals surface area contributed by atoms with Gasteiger partial charge in [-0.05, 0) is 49.2 Å². The predicted octanol–water partition coefficient (Wildman–Crippen LogP) is 5.00. The molecule has 0 saturated carbocycles. The van der Waals surface area contributed by atoms with Gasteiger partial charge in [0.05, 0.1) is 11.1 Å². The molecule has 1 saturated heterocycles. The maximum absolute atomic E-state index is 13.2. The molecule has 1 aliphatic rings. The van der Waals surface area contributed by atoms with E-state index in [2.05, 4.69) is 10.3 Å². The van der Waals surface area contributed by atoms with E-state index in [0.29, 0.717) is 52.9 Å². The smallest absolute Gasteiger partial charge is 0.257 e. The summed E-state index contributed by atoms with van der Waals surface area (Å²) in [4.78, 5) is 31.3. The highest BCUT2D eigenvalue weighted by molar-refractivity contribution is 6.35. The third-order valence-electron chi connectivity index (χ3n) is 5.56. The van der Waals surface area contributed by atoms with Crippen LogP contribution in [0, 0.1) is 0 Å². The molecule has 1 fully saturated rings. The third kappa shape index (κ3) is 5.83. The van der Waals surface area contributed by atoms with Crippen LogP contribution < -0.4 is 10.1 Å². The number of pyridine rings is 1. The van der Waals surface area contributed by atoms with Crippen molar-refractivity contribution in [2.45, 2.75) is 25.5 Å². The minimum absolute atomic E-state index is 0.0142. The number of aromatic nitrogens is 1. The van der Waals surface area contributed by atoms with Crippen molar-refractivity contribution in [3.8, 4) is 5.75 Å². The second-order valence-corrected chi connectivity index (χ2v) is 8.65. The van der Waals surface area contributed by atoms with Crippen molar-refractivity contribution >= 4 is 35.0 Å². The number of nitrogens with one attached hydrogen (secondary N) is 1. The molecule has 3 aromatic rings. The number of para-hydroxylation sites is 1. The van der Waals surface area contributed by atoms with Gasteiger partial charge in [-0.2, -0.15) is 0 Å². The van der Waals surface area contributed by atoms with E-state index in [1.807, 2.05) is 12.1 Å². The first-order valence-corrected chi connectivity index (χ1v) is 11.4. The molecule has 4 rings (SSSR count). The Morgan fingerprint density at radius 3 is 2.58 bits per heavy atom. The van der Waals surface area contributed by atoms with E-state index in [0.717, 1.165) is 5.56 Å². The second kappa shape index (κ2) is 10.7. The number of carbonyl (C=O) groups excluding carboxylic acids is 2. The minimum Gasteiger partial charge on any atom is -0.488 e. The molecule has 0 radical (unpaired) electrons. The van der Waals surface area contributed by atoms with E-state index in [9.17, 15) is 9.59 Å². The molecule has 170 valence electrons. The summed E-state index contributed by atoms with van der Waals surface area (Å²) in [5.74, 6) is 0.262. The molecule has 2 amide bonds. The average Bonchev–Trinajstić information content (AvgIpc) is 2.84. The zero-order chi connectivity index (χ0) is 23.2. The summed E-state index contributed by atoms with van der Waals surface area (Å²) in [5, 5.41) is 4.10. The van der Waals surface area contributed by atoms with Crippen molar-refractivity contribution < 1.29 is 14.3 Å². The van der Waals surface area contributed by atoms with Gasteiger partial charge in [-0.25, -0.2) is 0 Å². The summed E-state index contributed by atoms with van der Waals surface area (Å²) in [5.41, 5.74) is 1.82. The van der Waals surface area contributed by atoms with Crippen LogP contribution >= 0.6 is 23.2 Å². The number of amides is 2. The normalized spacial score (nSPS) is 14.1. The van der Waals surface area contributed by atoms with E-state index < -0.39 is 0 Å². The van der Waals surface area contributed by atoms with Crippen LogP contribution in [0.25, 0.3) is 0 Å². The van der Waals surface area contributed by atoms with Gasteiger partial charge >= 0.3 is 0 Å². The molecule has 1 aliphatic heterocycles. The van der Waals surface area contributed by atoms with Crippen molar-refractivity contribution in [2.24, 2.45) is 0 Å². The van der Waals surface area contributed by atoms with Gasteiger partial charge in [0.25, 0.3) is 11.8 Å². The van der Waals surface area contributed by atoms with E-state index in [-0.39, 0.29) is 24.5 Å². The van der Waals surface area contributed by atoms with E-state index in [1.54, 1.807) is 59.8 Å². The van der Waals surface area contributed by atoms with Gasteiger partial charge in [0.2, 0.25) is 0 Å². The number of hydrogen-bond donors (Lipinski definition) is 1. The predicted molar refractivity (Wildman–Crippen MR) is 128 cm³/mol. The molecule has 6 nitrogen and oxygen atoms in total. The van der Waals surface area contributed by atoms with Crippen LogP contribution in [0.15, 0.2) is 67.0 Å². The van der Waals surface area contributed by atoms with E-state index in [1.165, 1.54) is 0 Å². The van der Waals surface area contributed by atoms with Gasteiger partial charge in [-0.15, -0.1) is 0 Å². The molecule has 1 N–H and O–H groups in total. The Morgan fingerprint density at radius 2 is 1.85 bits per heavy atom. The Labute approximate surface area is 202 Å². The van der Waals surface area contributed by atoms with Crippen LogP contribution in [0.1, 0.15) is 39.1 Å². The highest BCUT2D eigenvalue weighted by Crippen LogP contribution is 2.26. The largest absolute Gasteiger partial charge is 0.488 e. The average molecular weight is 484 g/mol. The number of piperidine rings is 1. The van der Waals surface area contributed by atoms with E-state index in [4.69, 9.17) is 27.9 Å². The maximum Gasteiger partial charge on any atom is 0.257 e. The lowest BCUT2D eigenvalue weighted by Crippen LogP contribution is -2.46. The molecule has 0 spiro atoms. The van der Waals surface area contributed by atoms with Crippen molar-refractivity contribution in [3.05, 3.63) is 93.7 Å². The summed E-state index contributed by atoms with van der Waals surface area (Å²) < 4.78 is 5.94. The first-order chi connectivity index (χ1) is 16.0. The van der Waals surface area contributed by atoms with Crippen LogP contribution in [0.5, 0.6) is 5.75 Å². The Morgan fingerprint density at radius 1 is 1.06 bits per heavy atom. The van der Waals surface area contributed by atoms with Gasteiger partial charge in [0, 0.05) is 47.1 Å². The summed E-state index contributed by atoms with van der Waals surface area (Å²) in [6.07, 6.45) is 4.54. The molecule has 2 heterocycles. The third-order valence-corrected chi connectivity index (χ3v) is 6.14. The first kappa shape index (κ1) is 23.1. The van der Waals surface area contributed by atoms with E-state index >= 15 is 0 Å². The summed E-state index contributed by atoms with van der Waals surface area (Å²) in [6.45, 7) is 1.32. The quantitative estimate of drug-likeness (QED) is 0.535. The van der Waals surface area contributed by atoms with Crippen LogP contribution in [-0.2, 0) is 6.61 Å². The number of rotatable bonds is 6. The van der Waals surface area contributed by atoms with Gasteiger partial charge in [-0.1, -0.05) is 41.4 Å². The summed E-state index contributed by atoms with van der Waals surface area (Å²) >= 11 is 12.2. The lowest BCUT2D eigenvalue weighted by atomic mass is 10.0. The lowest BCUT2D eigenvalue weighted by molar-refractivity contribution is 0.0693. The molecule has 0 bridgehead atoms. The Bertz CT molecular complexity index is 1130. The Hall–Kier alpha value is -3.09. The number of nitrogens with zero attached hydrogens (tertiary/aromatic N) is 2. The molecule has 1 aromatic heterocycles. The second-order valence-electron chi connectivity index (χ2n) is 7.80. The number of hydrogen-bond acceptors (Lipinski definition) is 4. The highest BCUT2D eigenvalue weighted by Gasteiger charge is 2.26. The number of halogens is 2. The minimum atomic E-state index is -0.146. The van der Waals surface area contributed by atoms with Crippen molar-refractivity contribution in [1.82, 2.24) is 15.2 Å². The summed E-state index contributed by atoms with van der Waals surface area (Å²) in [6, 6.07) is 15.9. The van der Waals surface area contributed by atoms with Crippen molar-refractivity contribution in [3.63, 3.8) is 0 Å². The monoisotopic (exact) mass is 483 g/mol. The topological polar surface area (TPSA) is 71.5 Å². The molecular formula is C25H23Cl2N3O3. The SMILES string of the molecule is O=C(NC1CCN(C(=O)c2ccccc2OCc2ccc(Cl)cc2Cl)CC1)c1cccnc1. The van der Waals surface area contributed by atoms with Crippen molar-refractivity contribution in [1.29, 1.82) is 0 Å². The lowest BCUT2D eigenvalue weighted by Gasteiger charge is -2.32. The van der Waals surface area contributed by atoms with Gasteiger partial charge in [-0.3, -0.25) is 14.6 Å². The van der Waals surface area contributed by atoms with Gasteiger partial charge in [0.1, 0.15) is 12.4 Å². The highest BCUT2D eigenvalue weighted by atomic mass is 35.5. The van der Waals surface area contributed by atoms with Crippen LogP contribution in [-0.4, -0.2) is 40.8 Å². The zero-order valence-corrected chi connectivity index (χ0v) is 19.4. The molecule has 0 atom stereocenters. The maximum atomic E-state index is 13.2. The molecule has 8 heteroatoms. The zero-order valence-electron chi connectivity index (χ0n) is 17.8. The molecule has 0 aliphatic carbocycles. The first-order valence-electron chi connectivity index (χ1n) is 10.7. The van der Waals surface area contributed by atoms with Crippen molar-refractivity contribution in [2.75, 3.05) is 13.1 Å². The summed E-state index contributed by atoms with van der Waals surface area (Å²) in [7, 11) is 0. The van der Waals surface area contributed by atoms with Crippen LogP contribution in [0.2, 0.25) is 10.0 Å². The van der Waals surface area contributed by atoms with Gasteiger partial charge < -0.3 is 15.0 Å². The van der Waals surface area contributed by atoms with Crippen LogP contribution in [0.4, 0.5) is 0 Å². The number of benzene rings is 2. The number of carbonyl (C=O) groups is 2. The number of ether oxygens (including phenoxy) is 1. The van der Waals surface area contributed by atoms with Crippen LogP contribution in [0.3, 0.4) is 0 Å². The standard InChI is InChI=1S/C25H23Cl2N3O3/c26-19-8-7-18(22(27)14-19)16-33-23-6-2-1-5-21(23)25(32)30-12-9-20(10-13-30)29-24(31)17-4-3-11-28-15-17/h1-8,11,14-15,20H,9-10,12-13,16H2,(H,29,31). The fraction of sp³-hybridized carbons (Fsp3) is 0.240. The fourth-order valence-electron chi connectivity index (χ4n) is 3.73. The molecule has 0 unspecified atom stereocenters. The molecular weight excluding hydrogens is 461 g/mol. The fourth-order valence-corrected chi connectivity index (χ4v) is 4.19. The van der Waals surface area contributed by atoms with Gasteiger partial charge in [0.15, 0.2) is 0 Å². The Balaban J connectivity index is 1.35. The number of likely N-dealkylation sites (tertiary alicyclic amines) is 1. The molecule has 2 aromatic carbocycles. The Kier molecular flexibility index (Phi) is 7.47.